The van der Waals surface area contributed by atoms with Crippen LogP contribution in [0, 0.1) is 0 Å². The molecule has 0 aromatic carbocycles. The van der Waals surface area contributed by atoms with Crippen LogP contribution in [-0.4, -0.2) is 503 Å². The van der Waals surface area contributed by atoms with Gasteiger partial charge in [0.15, 0.2) is 50.3 Å². The molecule has 30 rings (SSSR count). The van der Waals surface area contributed by atoms with E-state index in [1.54, 1.807) is 0 Å². The molecule has 47 nitrogen and oxygen atoms in total. The fourth-order valence-electron chi connectivity index (χ4n) is 14.7. The first-order valence-corrected chi connectivity index (χ1v) is 50.0. The summed E-state index contributed by atoms with van der Waals surface area (Å²) in [6.07, 6.45) is -84.6. The third-order valence-corrected chi connectivity index (χ3v) is 30.0. The second-order valence-corrected chi connectivity index (χ2v) is 40.3. The molecule has 0 aromatic rings. The topological polar surface area (TPSA) is 750 Å². The fraction of sp³-hybridized carbons (Fsp3) is 0.890. The summed E-state index contributed by atoms with van der Waals surface area (Å²) >= 11 is 7.28. The van der Waals surface area contributed by atoms with E-state index in [0.717, 1.165) is 94.1 Å². The van der Waals surface area contributed by atoms with Gasteiger partial charge in [-0.05, 0) is 6.92 Å². The Balaban J connectivity index is 1.12. The molecule has 128 heavy (non-hydrogen) atoms. The number of aliphatic carboxylic acids is 7. The van der Waals surface area contributed by atoms with E-state index in [1.165, 1.54) is 6.92 Å². The van der Waals surface area contributed by atoms with Gasteiger partial charge < -0.3 is 193 Å². The van der Waals surface area contributed by atoms with E-state index < -0.39 is 332 Å². The molecule has 30 heterocycles. The summed E-state index contributed by atoms with van der Waals surface area (Å²) in [7, 11) is 0. The van der Waals surface area contributed by atoms with Gasteiger partial charge in [0.25, 0.3) is 0 Å². The van der Waals surface area contributed by atoms with Crippen molar-refractivity contribution in [3.63, 3.8) is 0 Å². The zero-order chi connectivity index (χ0) is 93.7. The van der Waals surface area contributed by atoms with Crippen molar-refractivity contribution in [1.82, 2.24) is 0 Å². The summed E-state index contributed by atoms with van der Waals surface area (Å²) in [6, 6.07) is 0. The summed E-state index contributed by atoms with van der Waals surface area (Å²) in [4.78, 5) is 94.8. The predicted octanol–water partition coefficient (Wildman–Crippen LogP) is -7.18. The van der Waals surface area contributed by atoms with Crippen LogP contribution in [0.5, 0.6) is 0 Å². The minimum absolute atomic E-state index is 0.0187. The molecule has 736 valence electrons. The van der Waals surface area contributed by atoms with Gasteiger partial charge in [-0.3, -0.25) is 38.4 Å². The van der Waals surface area contributed by atoms with Crippen LogP contribution in [0.4, 0.5) is 0 Å². The highest BCUT2D eigenvalue weighted by molar-refractivity contribution is 8.00. The Morgan fingerprint density at radius 2 is 0.289 bits per heavy atom. The molecule has 40 atom stereocenters. The van der Waals surface area contributed by atoms with E-state index in [4.69, 9.17) is 75.8 Å². The minimum Gasteiger partial charge on any atom is -0.481 e. The molecule has 0 aromatic heterocycles. The zero-order valence-corrected chi connectivity index (χ0v) is 74.9. The van der Waals surface area contributed by atoms with Gasteiger partial charge in [-0.2, -0.15) is 94.1 Å². The summed E-state index contributed by atoms with van der Waals surface area (Å²) in [5.41, 5.74) is 0. The first kappa shape index (κ1) is 109. The Kier molecular flexibility index (Phi) is 45.1. The number of carbonyl (C=O) groups excluding carboxylic acids is 1. The number of ketones is 1. The smallest absolute Gasteiger partial charge is 0.304 e. The fourth-order valence-corrected chi connectivity index (χ4v) is 22.7. The molecule has 0 unspecified atom stereocenters. The Hall–Kier alpha value is -2.52. The second kappa shape index (κ2) is 52.9. The molecule has 55 heteroatoms. The molecule has 0 amide bonds. The standard InChI is InChI=1S/C73H114O47S8/c1-26(74)2-10-121-18-27-58-42(89)50(97)66(105-27)114-59-28(19-122-11-3-35(75)76)107-68(52(99)44(59)91)116-61-30(21-124-13-5-37(79)80)109-70(54(101)46(61)93)118-63-32(23-126-15-7-39(83)84)111-72(56(103)48(63)95)120-65-34(25-128-17-9-41(87)88)112-73(57(104)49(65)96)119-64-33(24-127-16-8-40(85)86)110-71(55(102)47(64)94)117-62-31(22-125-14-6-38(81)82)108-69(53(100)45(62)92)115-60-29(20-123-12-4-36(77)78)106-67(113-58)51(98)43(60)90/h27-34,42-73,89-104H,2-25H2,1H3,(H,75,76)(H,77,78)(H,79,80)(H,81,82)(H,83,84)(H,85,86)(H,87,88)/t27-,28-,29-,30-,31-,32-,33-,34-,42-,43-,44-,45-,46-,47-,48-,49-,50-,51-,52-,53-,54-,55-,56-,57-,58-,59-,60-,61-,62-,63-,64-,65-,66-,67-,68-,69-,70-,71-,72-,73-/m1/s1. The summed E-state index contributed by atoms with van der Waals surface area (Å²) < 4.78 is 101. The average molecular weight is 2000 g/mol. The number of aliphatic hydroxyl groups excluding tert-OH is 16. The van der Waals surface area contributed by atoms with Gasteiger partial charge in [0, 0.05) is 98.5 Å². The molecule has 0 aliphatic carbocycles. The Labute approximate surface area is 764 Å². The summed E-state index contributed by atoms with van der Waals surface area (Å²) in [5, 5.41) is 263. The average Bonchev–Trinajstić information content (AvgIpc) is 0.766. The van der Waals surface area contributed by atoms with Crippen molar-refractivity contribution in [2.24, 2.45) is 0 Å². The van der Waals surface area contributed by atoms with E-state index >= 15 is 0 Å². The lowest BCUT2D eigenvalue weighted by atomic mass is 9.95. The number of ether oxygens (including phenoxy) is 16. The van der Waals surface area contributed by atoms with Gasteiger partial charge >= 0.3 is 41.8 Å². The van der Waals surface area contributed by atoms with E-state index in [-0.39, 0.29) is 104 Å². The Bertz CT molecular complexity index is 2830. The van der Waals surface area contributed by atoms with Gasteiger partial charge in [-0.25, -0.2) is 0 Å². The molecule has 0 radical (unpaired) electrons. The molecule has 0 saturated carbocycles. The SMILES string of the molecule is CC(=O)CCSC[C@H]1O[C@@H]2O[C@H]3[C@H](O)[C@@H](O)[C@@H](O[C@H]4[C@H](O)[C@@H](O)[C@@H](O[C@H]5[C@H](O)[C@@H](O)[C@@H](O[C@H]6[C@H](O)[C@@H](O)[C@@H](O[C@H]7[C@H](O)[C@@H](O)[C@@H](O[C@H]8[C@H](O)[C@@H](O)[C@@H](O[C@H]9[C@H](O)[C@@H](O)[C@@H](O[C@H]1[C@H](O)[C@H]2O)O[C@@H]9CSCCC(=O)O)O[C@@H]8CSCCC(=O)O)O[C@@H]7CSCCC(=O)O)O[C@@H]6CSCCC(=O)O)O[C@@H]5CSCCC(=O)O)O[C@@H]4CSCCC(=O)O)O[C@@H]3CSCCC(=O)O. The van der Waals surface area contributed by atoms with Crippen molar-refractivity contribution >= 4 is 142 Å². The normalized spacial score (nSPS) is 41.5. The lowest BCUT2D eigenvalue weighted by Crippen LogP contribution is -2.69. The number of carbonyl (C=O) groups is 8. The van der Waals surface area contributed by atoms with Gasteiger partial charge in [-0.1, -0.05) is 0 Å². The van der Waals surface area contributed by atoms with Crippen LogP contribution in [0.2, 0.25) is 0 Å². The van der Waals surface area contributed by atoms with Crippen LogP contribution in [0.3, 0.4) is 0 Å². The number of hydrogen-bond acceptors (Lipinski definition) is 48. The lowest BCUT2D eigenvalue weighted by Gasteiger charge is -2.51. The van der Waals surface area contributed by atoms with Crippen molar-refractivity contribution in [3.05, 3.63) is 0 Å². The maximum atomic E-state index is 12.3. The van der Waals surface area contributed by atoms with Crippen molar-refractivity contribution in [1.29, 1.82) is 0 Å². The third-order valence-electron chi connectivity index (χ3n) is 21.5. The van der Waals surface area contributed by atoms with Crippen LogP contribution < -0.4 is 0 Å². The van der Waals surface area contributed by atoms with Gasteiger partial charge in [0.1, 0.15) is 152 Å². The molecule has 30 aliphatic heterocycles. The maximum absolute atomic E-state index is 12.3. The molecular weight excluding hydrogens is 1890 g/mol. The Morgan fingerprint density at radius 1 is 0.180 bits per heavy atom. The van der Waals surface area contributed by atoms with Crippen molar-refractivity contribution < 1.29 is 232 Å². The number of carboxylic acids is 7. The third kappa shape index (κ3) is 30.7. The van der Waals surface area contributed by atoms with Crippen molar-refractivity contribution in [3.8, 4) is 0 Å². The first-order valence-electron chi connectivity index (χ1n) is 40.8. The first-order chi connectivity index (χ1) is 60.7. The summed E-state index contributed by atoms with van der Waals surface area (Å²) in [5.74, 6) is -12.8. The van der Waals surface area contributed by atoms with Crippen molar-refractivity contribution in [2.75, 3.05) is 92.0 Å². The molecule has 23 N–H and O–H groups in total. The number of rotatable bonds is 40. The second-order valence-electron chi connectivity index (χ2n) is 31.1. The summed E-state index contributed by atoms with van der Waals surface area (Å²) in [6.45, 7) is 1.30. The van der Waals surface area contributed by atoms with Gasteiger partial charge in [0.2, 0.25) is 0 Å². The van der Waals surface area contributed by atoms with Gasteiger partial charge in [0.05, 0.1) is 93.8 Å². The van der Waals surface area contributed by atoms with Crippen LogP contribution in [0.15, 0.2) is 0 Å². The highest BCUT2D eigenvalue weighted by Gasteiger charge is 2.61. The van der Waals surface area contributed by atoms with E-state index in [0.29, 0.717) is 0 Å². The molecule has 0 spiro atoms. The van der Waals surface area contributed by atoms with E-state index in [2.05, 4.69) is 0 Å². The van der Waals surface area contributed by atoms with E-state index in [1.807, 2.05) is 0 Å². The van der Waals surface area contributed by atoms with Gasteiger partial charge in [-0.15, -0.1) is 0 Å². The molecule has 30 aliphatic rings. The van der Waals surface area contributed by atoms with Crippen LogP contribution in [0.1, 0.15) is 58.3 Å². The highest BCUT2D eigenvalue weighted by Crippen LogP contribution is 2.43. The lowest BCUT2D eigenvalue weighted by molar-refractivity contribution is -0.396. The monoisotopic (exact) mass is 2000 g/mol. The number of carboxylic acid groups (broad SMARTS) is 7. The largest absolute Gasteiger partial charge is 0.481 e. The highest BCUT2D eigenvalue weighted by atomic mass is 32.2. The van der Waals surface area contributed by atoms with Crippen LogP contribution in [-0.2, 0) is 114 Å². The minimum atomic E-state index is -2.32. The maximum Gasteiger partial charge on any atom is 0.304 e. The number of thioether (sulfide) groups is 8. The zero-order valence-electron chi connectivity index (χ0n) is 68.4. The molecule has 30 fully saturated rings. The number of aliphatic hydroxyl groups is 16. The number of hydrogen-bond donors (Lipinski definition) is 23. The van der Waals surface area contributed by atoms with Crippen LogP contribution in [0.25, 0.3) is 0 Å². The predicted molar refractivity (Wildman–Crippen MR) is 444 cm³/mol. The molecule has 30 saturated heterocycles. The molecular formula is C73H114O47S8. The molecule has 16 bridgehead atoms. The van der Waals surface area contributed by atoms with E-state index in [9.17, 15) is 156 Å². The van der Waals surface area contributed by atoms with Crippen molar-refractivity contribution in [2.45, 2.75) is 304 Å². The Morgan fingerprint density at radius 3 is 0.391 bits per heavy atom. The number of Topliss-reactive ketones (excluding diaryl/α,β-unsaturated/α-hetero) is 1. The van der Waals surface area contributed by atoms with Crippen LogP contribution >= 0.6 is 94.1 Å². The quantitative estimate of drug-likeness (QED) is 0.0254.